The highest BCUT2D eigenvalue weighted by atomic mass is 35.5. The molecule has 2 heterocycles. The second-order valence-electron chi connectivity index (χ2n) is 6.96. The van der Waals surface area contributed by atoms with E-state index in [0.29, 0.717) is 11.4 Å². The minimum absolute atomic E-state index is 0. The molecule has 140 valence electrons. The Kier molecular flexibility index (Phi) is 5.63. The van der Waals surface area contributed by atoms with Gasteiger partial charge >= 0.3 is 0 Å². The zero-order chi connectivity index (χ0) is 17.4. The van der Waals surface area contributed by atoms with Crippen molar-refractivity contribution in [2.24, 2.45) is 0 Å². The molecule has 1 fully saturated rings. The normalized spacial score (nSPS) is 21.8. The molecule has 2 atom stereocenters. The topological polar surface area (TPSA) is 58.9 Å². The van der Waals surface area contributed by atoms with Gasteiger partial charge in [0.15, 0.2) is 5.69 Å². The van der Waals surface area contributed by atoms with Gasteiger partial charge in [-0.3, -0.25) is 4.79 Å². The second kappa shape index (κ2) is 7.76. The Morgan fingerprint density at radius 2 is 2.12 bits per heavy atom. The van der Waals surface area contributed by atoms with Gasteiger partial charge in [-0.15, -0.1) is 12.4 Å². The smallest absolute Gasteiger partial charge is 0.272 e. The molecular weight excluding hydrogens is 355 g/mol. The first kappa shape index (κ1) is 18.9. The number of piperidine rings is 1. The number of rotatable bonds is 3. The summed E-state index contributed by atoms with van der Waals surface area (Å²) in [4.78, 5) is 12.8. The molecule has 26 heavy (non-hydrogen) atoms. The van der Waals surface area contributed by atoms with Crippen molar-refractivity contribution < 1.29 is 9.18 Å². The lowest BCUT2D eigenvalue weighted by Gasteiger charge is -2.30. The first-order valence-electron chi connectivity index (χ1n) is 9.05. The van der Waals surface area contributed by atoms with Gasteiger partial charge in [0, 0.05) is 23.3 Å². The minimum atomic E-state index is -0.322. The van der Waals surface area contributed by atoms with E-state index in [-0.39, 0.29) is 36.2 Å². The predicted molar refractivity (Wildman–Crippen MR) is 101 cm³/mol. The largest absolute Gasteiger partial charge is 0.346 e. The van der Waals surface area contributed by atoms with E-state index >= 15 is 0 Å². The van der Waals surface area contributed by atoms with Crippen molar-refractivity contribution in [1.82, 2.24) is 20.4 Å². The molecule has 2 N–H and O–H groups in total. The molecule has 2 aromatic rings. The molecule has 0 saturated carbocycles. The number of hydrogen-bond acceptors (Lipinski definition) is 3. The average Bonchev–Trinajstić information content (AvgIpc) is 3.20. The monoisotopic (exact) mass is 378 g/mol. The van der Waals surface area contributed by atoms with Crippen molar-refractivity contribution in [3.8, 4) is 5.69 Å². The maximum atomic E-state index is 14.2. The predicted octanol–water partition coefficient (Wildman–Crippen LogP) is 2.79. The van der Waals surface area contributed by atoms with E-state index in [0.717, 1.165) is 49.9 Å². The van der Waals surface area contributed by atoms with Gasteiger partial charge in [-0.05, 0) is 57.7 Å². The molecule has 7 heteroatoms. The Morgan fingerprint density at radius 1 is 1.31 bits per heavy atom. The van der Waals surface area contributed by atoms with Crippen LogP contribution in [0.25, 0.3) is 5.69 Å². The standard InChI is InChI=1S/C19H23FN4O.ClH/c1-12-15(8-5-11-21-12)22-19(25)18-13-6-4-10-16(13)24(23-18)17-9-3-2-7-14(17)20;/h2-3,7,9,12,15,21H,4-6,8,10-11H2,1H3,(H,22,25);1H. The van der Waals surface area contributed by atoms with Gasteiger partial charge in [0.25, 0.3) is 5.91 Å². The summed E-state index contributed by atoms with van der Waals surface area (Å²) in [6, 6.07) is 6.93. The second-order valence-corrected chi connectivity index (χ2v) is 6.96. The fraction of sp³-hybridized carbons (Fsp3) is 0.474. The Hall–Kier alpha value is -1.92. The van der Waals surface area contributed by atoms with Gasteiger partial charge in [0.2, 0.25) is 0 Å². The molecule has 2 aliphatic rings. The van der Waals surface area contributed by atoms with Crippen LogP contribution < -0.4 is 10.6 Å². The van der Waals surface area contributed by atoms with Crippen LogP contribution in [0.4, 0.5) is 4.39 Å². The Morgan fingerprint density at radius 3 is 2.88 bits per heavy atom. The lowest BCUT2D eigenvalue weighted by molar-refractivity contribution is 0.0913. The van der Waals surface area contributed by atoms with Crippen molar-refractivity contribution in [2.75, 3.05) is 6.54 Å². The van der Waals surface area contributed by atoms with Crippen molar-refractivity contribution in [3.05, 3.63) is 47.0 Å². The zero-order valence-electron chi connectivity index (χ0n) is 14.8. The van der Waals surface area contributed by atoms with Crippen molar-refractivity contribution in [1.29, 1.82) is 0 Å². The molecule has 1 aromatic carbocycles. The Labute approximate surface area is 158 Å². The van der Waals surface area contributed by atoms with Crippen LogP contribution in [0.15, 0.2) is 24.3 Å². The summed E-state index contributed by atoms with van der Waals surface area (Å²) in [5.74, 6) is -0.467. The average molecular weight is 379 g/mol. The number of amides is 1. The molecule has 0 spiro atoms. The van der Waals surface area contributed by atoms with E-state index in [4.69, 9.17) is 0 Å². The SMILES string of the molecule is CC1NCCCC1NC(=O)c1nn(-c2ccccc2F)c2c1CCC2.Cl. The molecule has 1 aliphatic heterocycles. The number of halogens is 2. The highest BCUT2D eigenvalue weighted by molar-refractivity contribution is 5.94. The van der Waals surface area contributed by atoms with E-state index < -0.39 is 0 Å². The number of fused-ring (bicyclic) bond motifs is 1. The fourth-order valence-electron chi connectivity index (χ4n) is 3.92. The quantitative estimate of drug-likeness (QED) is 0.863. The summed E-state index contributed by atoms with van der Waals surface area (Å²) in [6.45, 7) is 3.08. The molecule has 0 radical (unpaired) electrons. The molecule has 1 amide bonds. The van der Waals surface area contributed by atoms with Gasteiger partial charge in [-0.1, -0.05) is 12.1 Å². The van der Waals surface area contributed by atoms with Crippen LogP contribution in [-0.2, 0) is 12.8 Å². The number of benzene rings is 1. The Balaban J connectivity index is 0.00000196. The number of carbonyl (C=O) groups excluding carboxylic acids is 1. The van der Waals surface area contributed by atoms with E-state index in [9.17, 15) is 9.18 Å². The first-order valence-corrected chi connectivity index (χ1v) is 9.05. The third-order valence-corrected chi connectivity index (χ3v) is 5.30. The van der Waals surface area contributed by atoms with Gasteiger partial charge in [-0.2, -0.15) is 5.10 Å². The number of nitrogens with one attached hydrogen (secondary N) is 2. The third kappa shape index (κ3) is 3.35. The number of nitrogens with zero attached hydrogens (tertiary/aromatic N) is 2. The highest BCUT2D eigenvalue weighted by Gasteiger charge is 2.30. The number of carbonyl (C=O) groups is 1. The molecular formula is C19H24ClFN4O. The van der Waals surface area contributed by atoms with E-state index in [1.807, 2.05) is 0 Å². The third-order valence-electron chi connectivity index (χ3n) is 5.30. The van der Waals surface area contributed by atoms with E-state index in [1.165, 1.54) is 6.07 Å². The van der Waals surface area contributed by atoms with Gasteiger partial charge in [0.05, 0.1) is 0 Å². The summed E-state index contributed by atoms with van der Waals surface area (Å²) in [6.07, 6.45) is 4.65. The lowest BCUT2D eigenvalue weighted by atomic mass is 9.99. The number of aromatic nitrogens is 2. The molecule has 1 saturated heterocycles. The van der Waals surface area contributed by atoms with Crippen LogP contribution >= 0.6 is 12.4 Å². The van der Waals surface area contributed by atoms with Crippen LogP contribution in [0, 0.1) is 5.82 Å². The summed E-state index contributed by atoms with van der Waals surface area (Å²) >= 11 is 0. The van der Waals surface area contributed by atoms with Crippen molar-refractivity contribution in [2.45, 2.75) is 51.1 Å². The lowest BCUT2D eigenvalue weighted by Crippen LogP contribution is -2.52. The fourth-order valence-corrected chi connectivity index (χ4v) is 3.92. The van der Waals surface area contributed by atoms with Crippen LogP contribution in [-0.4, -0.2) is 34.3 Å². The first-order chi connectivity index (χ1) is 12.1. The van der Waals surface area contributed by atoms with Crippen LogP contribution in [0.5, 0.6) is 0 Å². The number of para-hydroxylation sites is 1. The van der Waals surface area contributed by atoms with Crippen molar-refractivity contribution in [3.63, 3.8) is 0 Å². The van der Waals surface area contributed by atoms with Crippen LogP contribution in [0.2, 0.25) is 0 Å². The Bertz CT molecular complexity index is 807. The van der Waals surface area contributed by atoms with Crippen LogP contribution in [0.1, 0.15) is 47.9 Å². The van der Waals surface area contributed by atoms with Crippen LogP contribution in [0.3, 0.4) is 0 Å². The molecule has 1 aliphatic carbocycles. The summed E-state index contributed by atoms with van der Waals surface area (Å²) in [5, 5.41) is 11.0. The molecule has 5 nitrogen and oxygen atoms in total. The van der Waals surface area contributed by atoms with Crippen molar-refractivity contribution >= 4 is 18.3 Å². The van der Waals surface area contributed by atoms with E-state index in [2.05, 4.69) is 22.7 Å². The zero-order valence-corrected chi connectivity index (χ0v) is 15.6. The molecule has 1 aromatic heterocycles. The maximum Gasteiger partial charge on any atom is 0.272 e. The summed E-state index contributed by atoms with van der Waals surface area (Å²) in [7, 11) is 0. The molecule has 2 unspecified atom stereocenters. The highest BCUT2D eigenvalue weighted by Crippen LogP contribution is 2.28. The summed E-state index contributed by atoms with van der Waals surface area (Å²) in [5.41, 5.74) is 2.79. The summed E-state index contributed by atoms with van der Waals surface area (Å²) < 4.78 is 15.8. The van der Waals surface area contributed by atoms with Gasteiger partial charge in [0.1, 0.15) is 11.5 Å². The maximum absolute atomic E-state index is 14.2. The van der Waals surface area contributed by atoms with Gasteiger partial charge in [-0.25, -0.2) is 9.07 Å². The van der Waals surface area contributed by atoms with Gasteiger partial charge < -0.3 is 10.6 Å². The molecule has 0 bridgehead atoms. The van der Waals surface area contributed by atoms with E-state index in [1.54, 1.807) is 22.9 Å². The molecule has 4 rings (SSSR count). The minimum Gasteiger partial charge on any atom is -0.346 e. The number of hydrogen-bond donors (Lipinski definition) is 2.